The Balaban J connectivity index is 2.05. The maximum atomic E-state index is 5.44. The second-order valence-electron chi connectivity index (χ2n) is 6.55. The van der Waals surface area contributed by atoms with Crippen molar-refractivity contribution in [2.75, 3.05) is 13.2 Å². The molecule has 0 amide bonds. The summed E-state index contributed by atoms with van der Waals surface area (Å²) in [5, 5.41) is 0. The lowest BCUT2D eigenvalue weighted by Gasteiger charge is -2.51. The third-order valence-corrected chi connectivity index (χ3v) is 4.76. The summed E-state index contributed by atoms with van der Waals surface area (Å²) in [6.45, 7) is 11.7. The molecule has 1 aliphatic heterocycles. The Bertz CT molecular complexity index is 215. The van der Waals surface area contributed by atoms with Crippen LogP contribution in [0.15, 0.2) is 0 Å². The zero-order chi connectivity index (χ0) is 11.1. The molecule has 1 spiro atoms. The van der Waals surface area contributed by atoms with Crippen LogP contribution in [-0.2, 0) is 4.74 Å². The van der Waals surface area contributed by atoms with Crippen LogP contribution in [-0.4, -0.2) is 13.2 Å². The summed E-state index contributed by atoms with van der Waals surface area (Å²) in [7, 11) is 0. The number of rotatable bonds is 2. The van der Waals surface area contributed by atoms with Crippen LogP contribution in [0.3, 0.4) is 0 Å². The highest BCUT2D eigenvalue weighted by Crippen LogP contribution is 2.50. The van der Waals surface area contributed by atoms with Gasteiger partial charge in [0.05, 0.1) is 13.2 Å². The largest absolute Gasteiger partial charge is 0.380 e. The van der Waals surface area contributed by atoms with Crippen LogP contribution in [0.1, 0.15) is 47.0 Å². The maximum Gasteiger partial charge on any atom is 0.0544 e. The number of ether oxygens (including phenoxy) is 1. The van der Waals surface area contributed by atoms with Gasteiger partial charge in [-0.05, 0) is 42.9 Å². The van der Waals surface area contributed by atoms with Crippen LogP contribution in [0.25, 0.3) is 0 Å². The first-order valence-electron chi connectivity index (χ1n) is 6.62. The Morgan fingerprint density at radius 2 is 1.60 bits per heavy atom. The van der Waals surface area contributed by atoms with Gasteiger partial charge >= 0.3 is 0 Å². The van der Waals surface area contributed by atoms with Gasteiger partial charge in [0, 0.05) is 5.41 Å². The summed E-state index contributed by atoms with van der Waals surface area (Å²) >= 11 is 0. The van der Waals surface area contributed by atoms with E-state index < -0.39 is 0 Å². The van der Waals surface area contributed by atoms with Crippen molar-refractivity contribution in [3.63, 3.8) is 0 Å². The van der Waals surface area contributed by atoms with Crippen LogP contribution in [0, 0.1) is 29.1 Å². The van der Waals surface area contributed by atoms with Gasteiger partial charge < -0.3 is 4.74 Å². The summed E-state index contributed by atoms with van der Waals surface area (Å²) in [4.78, 5) is 0. The molecule has 2 aliphatic rings. The summed E-state index contributed by atoms with van der Waals surface area (Å²) in [6.07, 6.45) is 4.27. The van der Waals surface area contributed by atoms with Gasteiger partial charge in [0.2, 0.25) is 0 Å². The second-order valence-corrected chi connectivity index (χ2v) is 6.55. The molecule has 1 heterocycles. The Kier molecular flexibility index (Phi) is 3.12. The molecule has 0 bridgehead atoms. The van der Waals surface area contributed by atoms with E-state index >= 15 is 0 Å². The molecule has 0 aromatic rings. The van der Waals surface area contributed by atoms with Crippen molar-refractivity contribution in [1.29, 1.82) is 0 Å². The zero-order valence-corrected chi connectivity index (χ0v) is 10.8. The van der Waals surface area contributed by atoms with Gasteiger partial charge in [-0.3, -0.25) is 0 Å². The molecule has 2 fully saturated rings. The third-order valence-electron chi connectivity index (χ3n) is 4.76. The van der Waals surface area contributed by atoms with Gasteiger partial charge in [-0.2, -0.15) is 0 Å². The highest BCUT2D eigenvalue weighted by atomic mass is 16.5. The smallest absolute Gasteiger partial charge is 0.0544 e. The fourth-order valence-electron chi connectivity index (χ4n) is 3.65. The van der Waals surface area contributed by atoms with E-state index in [1.807, 2.05) is 0 Å². The van der Waals surface area contributed by atoms with Crippen LogP contribution in [0.5, 0.6) is 0 Å². The number of hydrogen-bond acceptors (Lipinski definition) is 1. The first-order valence-corrected chi connectivity index (χ1v) is 6.62. The molecule has 2 unspecified atom stereocenters. The van der Waals surface area contributed by atoms with Gasteiger partial charge in [-0.25, -0.2) is 0 Å². The van der Waals surface area contributed by atoms with E-state index in [1.54, 1.807) is 0 Å². The summed E-state index contributed by atoms with van der Waals surface area (Å²) in [5.41, 5.74) is 0.598. The first kappa shape index (κ1) is 11.4. The SMILES string of the molecule is CC(C)C1CCC2(COC2)CC1C(C)C. The summed E-state index contributed by atoms with van der Waals surface area (Å²) in [5.74, 6) is 3.59. The Hall–Kier alpha value is -0.0400. The predicted molar refractivity (Wildman–Crippen MR) is 63.8 cm³/mol. The van der Waals surface area contributed by atoms with Gasteiger partial charge in [-0.15, -0.1) is 0 Å². The van der Waals surface area contributed by atoms with E-state index in [1.165, 1.54) is 19.3 Å². The van der Waals surface area contributed by atoms with E-state index in [4.69, 9.17) is 4.74 Å². The van der Waals surface area contributed by atoms with Gasteiger partial charge in [0.1, 0.15) is 0 Å². The monoisotopic (exact) mass is 210 g/mol. The standard InChI is InChI=1S/C14H26O/c1-10(2)12-5-6-14(8-15-9-14)7-13(12)11(3)4/h10-13H,5-9H2,1-4H3. The molecule has 1 aliphatic carbocycles. The van der Waals surface area contributed by atoms with Gasteiger partial charge in [-0.1, -0.05) is 27.7 Å². The first-order chi connectivity index (χ1) is 7.04. The lowest BCUT2D eigenvalue weighted by atomic mass is 9.59. The van der Waals surface area contributed by atoms with E-state index in [0.717, 1.165) is 36.9 Å². The molecule has 1 nitrogen and oxygen atoms in total. The molecule has 0 radical (unpaired) electrons. The molecule has 15 heavy (non-hydrogen) atoms. The Labute approximate surface area is 94.6 Å². The molecule has 0 aromatic carbocycles. The molecule has 0 N–H and O–H groups in total. The molecule has 1 saturated carbocycles. The third kappa shape index (κ3) is 2.08. The highest BCUT2D eigenvalue weighted by molar-refractivity contribution is 4.95. The van der Waals surface area contributed by atoms with Crippen LogP contribution in [0.2, 0.25) is 0 Å². The van der Waals surface area contributed by atoms with E-state index in [2.05, 4.69) is 27.7 Å². The molecular weight excluding hydrogens is 184 g/mol. The van der Waals surface area contributed by atoms with E-state index in [9.17, 15) is 0 Å². The molecule has 0 aromatic heterocycles. The fourth-order valence-corrected chi connectivity index (χ4v) is 3.65. The minimum atomic E-state index is 0.598. The lowest BCUT2D eigenvalue weighted by molar-refractivity contribution is -0.155. The van der Waals surface area contributed by atoms with Gasteiger partial charge in [0.25, 0.3) is 0 Å². The van der Waals surface area contributed by atoms with Crippen molar-refractivity contribution < 1.29 is 4.74 Å². The van der Waals surface area contributed by atoms with Crippen molar-refractivity contribution in [3.05, 3.63) is 0 Å². The van der Waals surface area contributed by atoms with Crippen molar-refractivity contribution in [2.45, 2.75) is 47.0 Å². The molecule has 2 rings (SSSR count). The molecular formula is C14H26O. The zero-order valence-electron chi connectivity index (χ0n) is 10.8. The van der Waals surface area contributed by atoms with Crippen molar-refractivity contribution in [3.8, 4) is 0 Å². The Morgan fingerprint density at radius 3 is 2.00 bits per heavy atom. The average Bonchev–Trinajstić information content (AvgIpc) is 2.14. The lowest BCUT2D eigenvalue weighted by Crippen LogP contribution is -2.49. The minimum absolute atomic E-state index is 0.598. The summed E-state index contributed by atoms with van der Waals surface area (Å²) in [6, 6.07) is 0. The fraction of sp³-hybridized carbons (Fsp3) is 1.00. The van der Waals surface area contributed by atoms with Crippen LogP contribution < -0.4 is 0 Å². The summed E-state index contributed by atoms with van der Waals surface area (Å²) < 4.78 is 5.44. The van der Waals surface area contributed by atoms with Crippen molar-refractivity contribution in [1.82, 2.24) is 0 Å². The van der Waals surface area contributed by atoms with Crippen molar-refractivity contribution in [2.24, 2.45) is 29.1 Å². The topological polar surface area (TPSA) is 9.23 Å². The van der Waals surface area contributed by atoms with Crippen LogP contribution >= 0.6 is 0 Å². The average molecular weight is 210 g/mol. The molecule has 1 heteroatoms. The van der Waals surface area contributed by atoms with E-state index in [0.29, 0.717) is 5.41 Å². The molecule has 1 saturated heterocycles. The van der Waals surface area contributed by atoms with E-state index in [-0.39, 0.29) is 0 Å². The predicted octanol–water partition coefficient (Wildman–Crippen LogP) is 3.73. The maximum absolute atomic E-state index is 5.44. The van der Waals surface area contributed by atoms with Gasteiger partial charge in [0.15, 0.2) is 0 Å². The molecule has 88 valence electrons. The number of hydrogen-bond donors (Lipinski definition) is 0. The quantitative estimate of drug-likeness (QED) is 0.675. The minimum Gasteiger partial charge on any atom is -0.380 e. The Morgan fingerprint density at radius 1 is 1.00 bits per heavy atom. The van der Waals surface area contributed by atoms with Crippen molar-refractivity contribution >= 4 is 0 Å². The normalized spacial score (nSPS) is 34.8. The highest BCUT2D eigenvalue weighted by Gasteiger charge is 2.46. The second kappa shape index (κ2) is 4.08. The molecule has 2 atom stereocenters. The van der Waals surface area contributed by atoms with Crippen LogP contribution in [0.4, 0.5) is 0 Å².